The van der Waals surface area contributed by atoms with E-state index in [0.29, 0.717) is 11.8 Å². The fourth-order valence-electron chi connectivity index (χ4n) is 3.17. The van der Waals surface area contributed by atoms with E-state index in [2.05, 4.69) is 24.3 Å². The van der Waals surface area contributed by atoms with Gasteiger partial charge in [0.2, 0.25) is 6.10 Å². The summed E-state index contributed by atoms with van der Waals surface area (Å²) in [6, 6.07) is 10.1. The van der Waals surface area contributed by atoms with Crippen LogP contribution in [0.25, 0.3) is 0 Å². The maximum atomic E-state index is 12.3. The molecule has 1 amide bonds. The number of hydrogen-bond donors (Lipinski definition) is 1. The van der Waals surface area contributed by atoms with Gasteiger partial charge in [0.15, 0.2) is 0 Å². The van der Waals surface area contributed by atoms with Gasteiger partial charge in [-0.3, -0.25) is 4.79 Å². The fourth-order valence-corrected chi connectivity index (χ4v) is 3.17. The van der Waals surface area contributed by atoms with Crippen molar-refractivity contribution in [1.82, 2.24) is 5.32 Å². The van der Waals surface area contributed by atoms with Gasteiger partial charge in [-0.25, -0.2) is 0 Å². The van der Waals surface area contributed by atoms with Crippen LogP contribution < -0.4 is 5.32 Å². The van der Waals surface area contributed by atoms with Crippen molar-refractivity contribution in [3.8, 4) is 0 Å². The zero-order chi connectivity index (χ0) is 14.9. The summed E-state index contributed by atoms with van der Waals surface area (Å²) < 4.78 is 0. The van der Waals surface area contributed by atoms with E-state index in [1.807, 2.05) is 30.3 Å². The largest absolute Gasteiger partial charge is 0.382 e. The third-order valence-electron chi connectivity index (χ3n) is 4.38. The van der Waals surface area contributed by atoms with Gasteiger partial charge in [-0.05, 0) is 30.2 Å². The lowest BCUT2D eigenvalue weighted by molar-refractivity contribution is -0.131. The monoisotopic (exact) mass is 286 g/mol. The second kappa shape index (κ2) is 5.51. The van der Waals surface area contributed by atoms with E-state index in [1.165, 1.54) is 0 Å². The average Bonchev–Trinajstić information content (AvgIpc) is 3.07. The van der Waals surface area contributed by atoms with Crippen molar-refractivity contribution in [2.24, 2.45) is 10.6 Å². The molecule has 1 aromatic carbocycles. The molecule has 1 aromatic rings. The zero-order valence-electron chi connectivity index (χ0n) is 12.6. The van der Waals surface area contributed by atoms with Crippen LogP contribution in [0.15, 0.2) is 35.5 Å². The van der Waals surface area contributed by atoms with E-state index in [0.717, 1.165) is 30.5 Å². The van der Waals surface area contributed by atoms with Gasteiger partial charge in [-0.2, -0.15) is 0 Å². The molecular formula is C17H22N2O2. The predicted octanol–water partition coefficient (Wildman–Crippen LogP) is 2.87. The summed E-state index contributed by atoms with van der Waals surface area (Å²) in [5.74, 6) is -0.0348. The molecule has 0 saturated heterocycles. The first-order valence-corrected chi connectivity index (χ1v) is 7.62. The maximum Gasteiger partial charge on any atom is 0.264 e. The van der Waals surface area contributed by atoms with E-state index in [1.54, 1.807) is 0 Å². The molecule has 4 nitrogen and oxygen atoms in total. The van der Waals surface area contributed by atoms with Crippen LogP contribution in [0.3, 0.4) is 0 Å². The second-order valence-electron chi connectivity index (χ2n) is 6.81. The summed E-state index contributed by atoms with van der Waals surface area (Å²) in [6.07, 6.45) is 3.32. The van der Waals surface area contributed by atoms with Crippen molar-refractivity contribution < 1.29 is 9.63 Å². The Balaban J connectivity index is 1.54. The van der Waals surface area contributed by atoms with Crippen LogP contribution in [0.4, 0.5) is 0 Å². The number of carbonyl (C=O) groups excluding carboxylic acids is 1. The highest BCUT2D eigenvalue weighted by Crippen LogP contribution is 2.37. The van der Waals surface area contributed by atoms with Gasteiger partial charge in [0.25, 0.3) is 5.91 Å². The highest BCUT2D eigenvalue weighted by molar-refractivity contribution is 6.04. The molecule has 1 heterocycles. The lowest BCUT2D eigenvalue weighted by Crippen LogP contribution is -2.40. The Bertz CT molecular complexity index is 551. The van der Waals surface area contributed by atoms with Crippen LogP contribution in [0, 0.1) is 5.41 Å². The molecule has 1 aliphatic heterocycles. The summed E-state index contributed by atoms with van der Waals surface area (Å²) in [5, 5.41) is 7.18. The molecule has 0 radical (unpaired) electrons. The van der Waals surface area contributed by atoms with E-state index < -0.39 is 6.10 Å². The van der Waals surface area contributed by atoms with E-state index in [9.17, 15) is 4.79 Å². The van der Waals surface area contributed by atoms with Crippen molar-refractivity contribution in [2.45, 2.75) is 51.7 Å². The Morgan fingerprint density at radius 3 is 2.76 bits per heavy atom. The minimum Gasteiger partial charge on any atom is -0.382 e. The van der Waals surface area contributed by atoms with Crippen LogP contribution >= 0.6 is 0 Å². The number of hydrogen-bond acceptors (Lipinski definition) is 3. The molecule has 0 spiro atoms. The van der Waals surface area contributed by atoms with Gasteiger partial charge in [0, 0.05) is 12.5 Å². The first kappa shape index (κ1) is 14.1. The molecule has 112 valence electrons. The molecule has 1 fully saturated rings. The zero-order valence-corrected chi connectivity index (χ0v) is 12.6. The number of nitrogens with one attached hydrogen (secondary N) is 1. The van der Waals surface area contributed by atoms with Crippen LogP contribution in [-0.4, -0.2) is 23.8 Å². The van der Waals surface area contributed by atoms with Crippen molar-refractivity contribution in [3.63, 3.8) is 0 Å². The van der Waals surface area contributed by atoms with E-state index in [-0.39, 0.29) is 11.9 Å². The lowest BCUT2D eigenvalue weighted by Gasteiger charge is -2.18. The van der Waals surface area contributed by atoms with Gasteiger partial charge in [-0.15, -0.1) is 0 Å². The Kier molecular flexibility index (Phi) is 3.70. The number of amides is 1. The number of nitrogens with zero attached hydrogens (tertiary/aromatic N) is 1. The molecule has 21 heavy (non-hydrogen) atoms. The van der Waals surface area contributed by atoms with Gasteiger partial charge in [0.1, 0.15) is 0 Å². The fraction of sp³-hybridized carbons (Fsp3) is 0.529. The highest BCUT2D eigenvalue weighted by atomic mass is 16.6. The SMILES string of the molecule is CC1(C)CCC(NC(=O)C2CC(c3ccccc3)=NO2)C1. The van der Waals surface area contributed by atoms with Crippen molar-refractivity contribution in [3.05, 3.63) is 35.9 Å². The molecule has 3 rings (SSSR count). The smallest absolute Gasteiger partial charge is 0.264 e. The maximum absolute atomic E-state index is 12.3. The van der Waals surface area contributed by atoms with Crippen molar-refractivity contribution >= 4 is 11.6 Å². The predicted molar refractivity (Wildman–Crippen MR) is 82.0 cm³/mol. The number of rotatable bonds is 3. The van der Waals surface area contributed by atoms with Crippen molar-refractivity contribution in [2.75, 3.05) is 0 Å². The molecule has 2 atom stereocenters. The van der Waals surface area contributed by atoms with Gasteiger partial charge < -0.3 is 10.2 Å². The van der Waals surface area contributed by atoms with Crippen molar-refractivity contribution in [1.29, 1.82) is 0 Å². The standard InChI is InChI=1S/C17H22N2O2/c1-17(2)9-8-13(11-17)18-16(20)15-10-14(19-21-15)12-6-4-3-5-7-12/h3-7,13,15H,8-11H2,1-2H3,(H,18,20). The Labute approximate surface area is 125 Å². The Morgan fingerprint density at radius 1 is 1.33 bits per heavy atom. The molecule has 0 bridgehead atoms. The summed E-state index contributed by atoms with van der Waals surface area (Å²) in [4.78, 5) is 17.6. The number of carbonyl (C=O) groups is 1. The molecule has 2 aliphatic rings. The van der Waals surface area contributed by atoms with Gasteiger partial charge >= 0.3 is 0 Å². The van der Waals surface area contributed by atoms with Crippen LogP contribution in [0.2, 0.25) is 0 Å². The first-order chi connectivity index (χ1) is 10.0. The topological polar surface area (TPSA) is 50.7 Å². The third kappa shape index (κ3) is 3.26. The lowest BCUT2D eigenvalue weighted by atomic mass is 9.92. The Hall–Kier alpha value is -1.84. The molecule has 1 aliphatic carbocycles. The summed E-state index contributed by atoms with van der Waals surface area (Å²) in [6.45, 7) is 4.50. The number of oxime groups is 1. The van der Waals surface area contributed by atoms with Crippen LogP contribution in [0.1, 0.15) is 45.1 Å². The Morgan fingerprint density at radius 2 is 2.10 bits per heavy atom. The molecule has 1 saturated carbocycles. The first-order valence-electron chi connectivity index (χ1n) is 7.62. The van der Waals surface area contributed by atoms with E-state index in [4.69, 9.17) is 4.84 Å². The molecule has 4 heteroatoms. The normalized spacial score (nSPS) is 27.0. The van der Waals surface area contributed by atoms with Crippen LogP contribution in [0.5, 0.6) is 0 Å². The minimum atomic E-state index is -0.482. The van der Waals surface area contributed by atoms with Gasteiger partial charge in [0.05, 0.1) is 5.71 Å². The number of benzene rings is 1. The highest BCUT2D eigenvalue weighted by Gasteiger charge is 2.35. The summed E-state index contributed by atoms with van der Waals surface area (Å²) in [5.41, 5.74) is 2.21. The second-order valence-corrected chi connectivity index (χ2v) is 6.81. The van der Waals surface area contributed by atoms with Crippen LogP contribution in [-0.2, 0) is 9.63 Å². The molecular weight excluding hydrogens is 264 g/mol. The summed E-state index contributed by atoms with van der Waals surface area (Å²) >= 11 is 0. The summed E-state index contributed by atoms with van der Waals surface area (Å²) in [7, 11) is 0. The third-order valence-corrected chi connectivity index (χ3v) is 4.38. The quantitative estimate of drug-likeness (QED) is 0.929. The minimum absolute atomic E-state index is 0.0348. The van der Waals surface area contributed by atoms with E-state index >= 15 is 0 Å². The van der Waals surface area contributed by atoms with Gasteiger partial charge in [-0.1, -0.05) is 49.3 Å². The molecule has 2 unspecified atom stereocenters. The average molecular weight is 286 g/mol. The molecule has 1 N–H and O–H groups in total. The molecule has 0 aromatic heterocycles.